The molecule has 2 rings (SSSR count). The zero-order chi connectivity index (χ0) is 20.8. The van der Waals surface area contributed by atoms with Gasteiger partial charge in [0, 0.05) is 11.3 Å². The van der Waals surface area contributed by atoms with Crippen LogP contribution in [-0.4, -0.2) is 34.2 Å². The van der Waals surface area contributed by atoms with Crippen molar-refractivity contribution in [1.82, 2.24) is 10.9 Å². The first-order chi connectivity index (χ1) is 13.2. The molecule has 0 fully saturated rings. The highest BCUT2D eigenvalue weighted by molar-refractivity contribution is 6.34. The van der Waals surface area contributed by atoms with Crippen LogP contribution < -0.4 is 16.2 Å². The number of aromatic hydroxyl groups is 1. The van der Waals surface area contributed by atoms with E-state index in [1.54, 1.807) is 13.0 Å². The number of nitrogens with one attached hydrogen (secondary N) is 3. The molecule has 2 amide bonds. The van der Waals surface area contributed by atoms with Crippen molar-refractivity contribution in [1.29, 1.82) is 0 Å². The van der Waals surface area contributed by atoms with Gasteiger partial charge < -0.3 is 15.5 Å². The highest BCUT2D eigenvalue weighted by Crippen LogP contribution is 2.33. The number of aliphatic hydroxyl groups is 1. The van der Waals surface area contributed by atoms with Gasteiger partial charge >= 0.3 is 0 Å². The quantitative estimate of drug-likeness (QED) is 0.389. The lowest BCUT2D eigenvalue weighted by atomic mass is 10.1. The summed E-state index contributed by atoms with van der Waals surface area (Å²) in [6.45, 7) is 10.2. The molecule has 0 heterocycles. The van der Waals surface area contributed by atoms with Gasteiger partial charge in [0.2, 0.25) is 5.69 Å². The lowest BCUT2D eigenvalue weighted by Crippen LogP contribution is -2.52. The van der Waals surface area contributed by atoms with Crippen LogP contribution >= 0.6 is 11.6 Å². The number of carbonyl (C=O) groups excluding carboxylic acids is 2. The number of aliphatic hydroxyl groups excluding tert-OH is 1. The highest BCUT2D eigenvalue weighted by atomic mass is 35.5. The van der Waals surface area contributed by atoms with Crippen molar-refractivity contribution in [2.24, 2.45) is 0 Å². The third kappa shape index (κ3) is 4.91. The number of nitrogens with zero attached hydrogens (tertiary/aromatic N) is 1. The van der Waals surface area contributed by atoms with Crippen molar-refractivity contribution in [3.63, 3.8) is 0 Å². The number of phenolic OH excluding ortho intramolecular Hbond substituents is 1. The van der Waals surface area contributed by atoms with Gasteiger partial charge in [-0.3, -0.25) is 20.4 Å². The van der Waals surface area contributed by atoms with Gasteiger partial charge in [-0.1, -0.05) is 23.7 Å². The van der Waals surface area contributed by atoms with Crippen molar-refractivity contribution < 1.29 is 19.8 Å². The zero-order valence-corrected chi connectivity index (χ0v) is 15.9. The lowest BCUT2D eigenvalue weighted by molar-refractivity contribution is -0.124. The minimum absolute atomic E-state index is 0.0854. The number of rotatable bonds is 5. The number of hydrogen-bond acceptors (Lipinski definition) is 5. The number of amides is 2. The first kappa shape index (κ1) is 21.0. The number of hydrogen-bond donors (Lipinski definition) is 5. The molecule has 0 radical (unpaired) electrons. The molecule has 0 aromatic heterocycles. The first-order valence-corrected chi connectivity index (χ1v) is 8.62. The molecule has 0 bridgehead atoms. The first-order valence-electron chi connectivity index (χ1n) is 8.25. The summed E-state index contributed by atoms with van der Waals surface area (Å²) in [7, 11) is 0. The van der Waals surface area contributed by atoms with Crippen LogP contribution in [0.4, 0.5) is 11.4 Å². The van der Waals surface area contributed by atoms with Gasteiger partial charge in [0.15, 0.2) is 0 Å². The Morgan fingerprint density at radius 3 is 2.54 bits per heavy atom. The predicted octanol–water partition coefficient (Wildman–Crippen LogP) is 2.53. The molecule has 0 aliphatic rings. The van der Waals surface area contributed by atoms with Crippen molar-refractivity contribution in [2.45, 2.75) is 26.0 Å². The summed E-state index contributed by atoms with van der Waals surface area (Å²) in [5.74, 6) is -1.40. The Kier molecular flexibility index (Phi) is 6.82. The van der Waals surface area contributed by atoms with Crippen LogP contribution in [0.1, 0.15) is 22.8 Å². The zero-order valence-electron chi connectivity index (χ0n) is 15.2. The summed E-state index contributed by atoms with van der Waals surface area (Å²) < 4.78 is 0. The number of benzene rings is 2. The fourth-order valence-corrected chi connectivity index (χ4v) is 2.61. The molecule has 9 heteroatoms. The van der Waals surface area contributed by atoms with Gasteiger partial charge in [0.05, 0.1) is 17.7 Å². The molecule has 0 spiro atoms. The molecule has 2 aromatic rings. The SMILES string of the molecule is [C-]#[N+]c1ccc(N[C@@H](C(=O)NNC(=O)c2cccc(O)c2)[C@@H](C)O)c(C)c1Cl. The Morgan fingerprint density at radius 2 is 1.93 bits per heavy atom. The largest absolute Gasteiger partial charge is 0.508 e. The standard InChI is InChI=1S/C19H19ClN4O4/c1-10-14(7-8-15(21-3)16(10)20)22-17(11(2)25)19(28)24-23-18(27)12-5-4-6-13(26)9-12/h4-9,11,17,22,25-26H,1-2H3,(H,23,27)(H,24,28)/t11-,17-/m1/s1. The number of phenols is 1. The topological polar surface area (TPSA) is 115 Å². The normalized spacial score (nSPS) is 12.4. The molecule has 0 aliphatic heterocycles. The molecular weight excluding hydrogens is 384 g/mol. The summed E-state index contributed by atoms with van der Waals surface area (Å²) in [6, 6.07) is 7.61. The highest BCUT2D eigenvalue weighted by Gasteiger charge is 2.25. The molecule has 0 saturated heterocycles. The second-order valence-corrected chi connectivity index (χ2v) is 6.42. The molecule has 8 nitrogen and oxygen atoms in total. The summed E-state index contributed by atoms with van der Waals surface area (Å²) >= 11 is 6.13. The molecule has 2 aromatic carbocycles. The van der Waals surface area contributed by atoms with E-state index in [4.69, 9.17) is 18.2 Å². The molecular formula is C19H19ClN4O4. The van der Waals surface area contributed by atoms with Crippen molar-refractivity contribution in [3.8, 4) is 5.75 Å². The van der Waals surface area contributed by atoms with Crippen LogP contribution in [0.5, 0.6) is 5.75 Å². The average Bonchev–Trinajstić information content (AvgIpc) is 2.66. The van der Waals surface area contributed by atoms with E-state index >= 15 is 0 Å². The summed E-state index contributed by atoms with van der Waals surface area (Å²) in [4.78, 5) is 27.8. The molecule has 0 saturated carbocycles. The van der Waals surface area contributed by atoms with E-state index < -0.39 is 24.0 Å². The number of carbonyl (C=O) groups is 2. The van der Waals surface area contributed by atoms with Gasteiger partial charge in [-0.2, -0.15) is 0 Å². The number of hydrazine groups is 1. The van der Waals surface area contributed by atoms with Gasteiger partial charge in [-0.05, 0) is 43.7 Å². The molecule has 146 valence electrons. The summed E-state index contributed by atoms with van der Waals surface area (Å²) in [5.41, 5.74) is 5.91. The maximum Gasteiger partial charge on any atom is 0.269 e. The van der Waals surface area contributed by atoms with Crippen LogP contribution in [0.15, 0.2) is 36.4 Å². The fourth-order valence-electron chi connectivity index (χ4n) is 2.40. The number of halogens is 1. The third-order valence-electron chi connectivity index (χ3n) is 3.97. The van der Waals surface area contributed by atoms with E-state index in [1.807, 2.05) is 0 Å². The molecule has 2 atom stereocenters. The molecule has 0 unspecified atom stereocenters. The Morgan fingerprint density at radius 1 is 1.21 bits per heavy atom. The summed E-state index contributed by atoms with van der Waals surface area (Å²) in [5, 5.41) is 22.5. The van der Waals surface area contributed by atoms with E-state index in [0.717, 1.165) is 0 Å². The van der Waals surface area contributed by atoms with Crippen LogP contribution in [-0.2, 0) is 4.79 Å². The Balaban J connectivity index is 2.09. The summed E-state index contributed by atoms with van der Waals surface area (Å²) in [6.07, 6.45) is -1.10. The van der Waals surface area contributed by atoms with Crippen LogP contribution in [0, 0.1) is 13.5 Å². The van der Waals surface area contributed by atoms with Gasteiger partial charge in [0.1, 0.15) is 11.8 Å². The van der Waals surface area contributed by atoms with Gasteiger partial charge in [-0.15, -0.1) is 0 Å². The molecule has 28 heavy (non-hydrogen) atoms. The van der Waals surface area contributed by atoms with Crippen molar-refractivity contribution in [3.05, 3.63) is 64.0 Å². The maximum absolute atomic E-state index is 12.4. The average molecular weight is 403 g/mol. The van der Waals surface area contributed by atoms with E-state index in [0.29, 0.717) is 11.3 Å². The number of anilines is 1. The van der Waals surface area contributed by atoms with E-state index in [9.17, 15) is 19.8 Å². The maximum atomic E-state index is 12.4. The van der Waals surface area contributed by atoms with Crippen molar-refractivity contribution >= 4 is 34.8 Å². The lowest BCUT2D eigenvalue weighted by Gasteiger charge is -2.23. The predicted molar refractivity (Wildman–Crippen MR) is 105 cm³/mol. The second-order valence-electron chi connectivity index (χ2n) is 6.04. The van der Waals surface area contributed by atoms with Gasteiger partial charge in [-0.25, -0.2) is 4.85 Å². The van der Waals surface area contributed by atoms with E-state index in [-0.39, 0.29) is 22.0 Å². The Hall–Kier alpha value is -3.28. The van der Waals surface area contributed by atoms with Crippen LogP contribution in [0.2, 0.25) is 5.02 Å². The Bertz CT molecular complexity index is 940. The molecule has 5 N–H and O–H groups in total. The van der Waals surface area contributed by atoms with Gasteiger partial charge in [0.25, 0.3) is 11.8 Å². The smallest absolute Gasteiger partial charge is 0.269 e. The van der Waals surface area contributed by atoms with Crippen LogP contribution in [0.25, 0.3) is 4.85 Å². The third-order valence-corrected chi connectivity index (χ3v) is 4.45. The van der Waals surface area contributed by atoms with E-state index in [1.165, 1.54) is 37.3 Å². The monoisotopic (exact) mass is 402 g/mol. The fraction of sp³-hybridized carbons (Fsp3) is 0.211. The molecule has 0 aliphatic carbocycles. The van der Waals surface area contributed by atoms with E-state index in [2.05, 4.69) is 21.0 Å². The second kappa shape index (κ2) is 9.08. The minimum atomic E-state index is -1.10. The van der Waals surface area contributed by atoms with Crippen molar-refractivity contribution in [2.75, 3.05) is 5.32 Å². The van der Waals surface area contributed by atoms with Crippen LogP contribution in [0.3, 0.4) is 0 Å². The minimum Gasteiger partial charge on any atom is -0.508 e. The Labute approximate surface area is 166 Å².